The van der Waals surface area contributed by atoms with E-state index in [0.717, 1.165) is 19.7 Å². The fourth-order valence-electron chi connectivity index (χ4n) is 1.70. The first-order chi connectivity index (χ1) is 7.67. The Hall–Kier alpha value is 0.230. The van der Waals surface area contributed by atoms with Gasteiger partial charge in [0.15, 0.2) is 0 Å². The van der Waals surface area contributed by atoms with Crippen LogP contribution in [-0.4, -0.2) is 62.8 Å². The van der Waals surface area contributed by atoms with E-state index in [1.807, 2.05) is 11.8 Å². The summed E-state index contributed by atoms with van der Waals surface area (Å²) in [5.74, 6) is 1.22. The quantitative estimate of drug-likeness (QED) is 0.595. The van der Waals surface area contributed by atoms with Crippen LogP contribution in [0.25, 0.3) is 0 Å². The van der Waals surface area contributed by atoms with E-state index in [9.17, 15) is 0 Å². The number of thioether (sulfide) groups is 1. The highest BCUT2D eigenvalue weighted by molar-refractivity contribution is 7.98. The molecule has 0 heterocycles. The summed E-state index contributed by atoms with van der Waals surface area (Å²) in [7, 11) is 3.97. The van der Waals surface area contributed by atoms with Gasteiger partial charge in [0.2, 0.25) is 0 Å². The minimum atomic E-state index is 0.578. The maximum atomic E-state index is 5.01. The van der Waals surface area contributed by atoms with E-state index in [4.69, 9.17) is 4.74 Å². The van der Waals surface area contributed by atoms with Crippen LogP contribution in [0.4, 0.5) is 0 Å². The first kappa shape index (κ1) is 16.2. The molecule has 1 N–H and O–H groups in total. The summed E-state index contributed by atoms with van der Waals surface area (Å²) >= 11 is 1.93. The van der Waals surface area contributed by atoms with Crippen molar-refractivity contribution >= 4 is 11.8 Å². The summed E-state index contributed by atoms with van der Waals surface area (Å²) in [6.07, 6.45) is 3.40. The zero-order valence-electron chi connectivity index (χ0n) is 11.5. The monoisotopic (exact) mass is 248 g/mol. The van der Waals surface area contributed by atoms with Gasteiger partial charge in [-0.3, -0.25) is 4.90 Å². The largest absolute Gasteiger partial charge is 0.383 e. The van der Waals surface area contributed by atoms with Gasteiger partial charge in [-0.15, -0.1) is 0 Å². The van der Waals surface area contributed by atoms with Gasteiger partial charge in [0.25, 0.3) is 0 Å². The lowest BCUT2D eigenvalue weighted by Gasteiger charge is -2.32. The predicted octanol–water partition coefficient (Wildman–Crippen LogP) is 1.68. The average molecular weight is 248 g/mol. The van der Waals surface area contributed by atoms with Crippen molar-refractivity contribution in [3.05, 3.63) is 0 Å². The van der Waals surface area contributed by atoms with Crippen molar-refractivity contribution in [2.24, 2.45) is 0 Å². The fraction of sp³-hybridized carbons (Fsp3) is 1.00. The van der Waals surface area contributed by atoms with E-state index < -0.39 is 0 Å². The third-order valence-corrected chi connectivity index (χ3v) is 3.74. The summed E-state index contributed by atoms with van der Waals surface area (Å²) in [6.45, 7) is 7.31. The van der Waals surface area contributed by atoms with Crippen molar-refractivity contribution in [2.45, 2.75) is 32.4 Å². The summed E-state index contributed by atoms with van der Waals surface area (Å²) in [6, 6.07) is 1.27. The van der Waals surface area contributed by atoms with E-state index in [-0.39, 0.29) is 0 Å². The van der Waals surface area contributed by atoms with Gasteiger partial charge in [0.1, 0.15) is 0 Å². The number of hydrogen-bond donors (Lipinski definition) is 1. The maximum Gasteiger partial charge on any atom is 0.0587 e. The van der Waals surface area contributed by atoms with Crippen molar-refractivity contribution in [3.8, 4) is 0 Å². The second-order valence-electron chi connectivity index (χ2n) is 4.23. The third kappa shape index (κ3) is 6.74. The van der Waals surface area contributed by atoms with Crippen LogP contribution in [-0.2, 0) is 4.74 Å². The van der Waals surface area contributed by atoms with Crippen LogP contribution in [0.5, 0.6) is 0 Å². The molecule has 0 amide bonds. The molecule has 0 rings (SSSR count). The molecule has 2 atom stereocenters. The lowest BCUT2D eigenvalue weighted by atomic mass is 10.2. The van der Waals surface area contributed by atoms with Crippen molar-refractivity contribution < 1.29 is 4.74 Å². The molecule has 0 aromatic heterocycles. The SMILES string of the molecule is CCC(CSC)N(C)C(C)CNCCOC. The first-order valence-electron chi connectivity index (χ1n) is 6.07. The van der Waals surface area contributed by atoms with E-state index in [2.05, 4.69) is 37.4 Å². The Morgan fingerprint density at radius 2 is 2.12 bits per heavy atom. The fourth-order valence-corrected chi connectivity index (χ4v) is 2.56. The summed E-state index contributed by atoms with van der Waals surface area (Å²) in [5, 5.41) is 3.41. The molecule has 0 aromatic carbocycles. The highest BCUT2D eigenvalue weighted by Gasteiger charge is 2.17. The Morgan fingerprint density at radius 3 is 2.62 bits per heavy atom. The van der Waals surface area contributed by atoms with E-state index >= 15 is 0 Å². The number of likely N-dealkylation sites (N-methyl/N-ethyl adjacent to an activating group) is 1. The minimum Gasteiger partial charge on any atom is -0.383 e. The van der Waals surface area contributed by atoms with Crippen molar-refractivity contribution in [3.63, 3.8) is 0 Å². The zero-order chi connectivity index (χ0) is 12.4. The minimum absolute atomic E-state index is 0.578. The van der Waals surface area contributed by atoms with Gasteiger partial charge in [0.05, 0.1) is 6.61 Å². The molecular formula is C12H28N2OS. The highest BCUT2D eigenvalue weighted by atomic mass is 32.2. The normalized spacial score (nSPS) is 15.4. The van der Waals surface area contributed by atoms with E-state index in [1.165, 1.54) is 12.2 Å². The standard InChI is InChI=1S/C12H28N2OS/c1-6-12(10-16-5)14(3)11(2)9-13-7-8-15-4/h11-13H,6-10H2,1-5H3. The van der Waals surface area contributed by atoms with Gasteiger partial charge in [0, 0.05) is 38.0 Å². The number of ether oxygens (including phenoxy) is 1. The van der Waals surface area contributed by atoms with Gasteiger partial charge in [-0.2, -0.15) is 11.8 Å². The van der Waals surface area contributed by atoms with Crippen molar-refractivity contribution in [2.75, 3.05) is 45.9 Å². The molecule has 0 aromatic rings. The summed E-state index contributed by atoms with van der Waals surface area (Å²) in [4.78, 5) is 2.48. The lowest BCUT2D eigenvalue weighted by Crippen LogP contribution is -2.45. The Balaban J connectivity index is 3.81. The van der Waals surface area contributed by atoms with Crippen molar-refractivity contribution in [1.29, 1.82) is 0 Å². The highest BCUT2D eigenvalue weighted by Crippen LogP contribution is 2.10. The Morgan fingerprint density at radius 1 is 1.44 bits per heavy atom. The molecule has 0 aliphatic carbocycles. The Bertz CT molecular complexity index is 158. The number of hydrogen-bond acceptors (Lipinski definition) is 4. The van der Waals surface area contributed by atoms with Crippen LogP contribution in [0, 0.1) is 0 Å². The van der Waals surface area contributed by atoms with Crippen LogP contribution >= 0.6 is 11.8 Å². The maximum absolute atomic E-state index is 5.01. The molecule has 0 bridgehead atoms. The molecule has 16 heavy (non-hydrogen) atoms. The van der Waals surface area contributed by atoms with Gasteiger partial charge >= 0.3 is 0 Å². The number of methoxy groups -OCH3 is 1. The van der Waals surface area contributed by atoms with Gasteiger partial charge in [-0.1, -0.05) is 6.92 Å². The van der Waals surface area contributed by atoms with Crippen LogP contribution < -0.4 is 5.32 Å². The molecular weight excluding hydrogens is 220 g/mol. The molecule has 0 aliphatic heterocycles. The molecule has 3 nitrogen and oxygen atoms in total. The van der Waals surface area contributed by atoms with Gasteiger partial charge < -0.3 is 10.1 Å². The van der Waals surface area contributed by atoms with Gasteiger partial charge in [-0.05, 0) is 26.6 Å². The second-order valence-corrected chi connectivity index (χ2v) is 5.14. The number of rotatable bonds is 10. The molecule has 0 aliphatic rings. The lowest BCUT2D eigenvalue weighted by molar-refractivity contribution is 0.176. The summed E-state index contributed by atoms with van der Waals surface area (Å²) < 4.78 is 5.01. The van der Waals surface area contributed by atoms with Crippen LogP contribution in [0.1, 0.15) is 20.3 Å². The first-order valence-corrected chi connectivity index (χ1v) is 7.47. The smallest absolute Gasteiger partial charge is 0.0587 e. The molecule has 0 radical (unpaired) electrons. The molecule has 98 valence electrons. The zero-order valence-corrected chi connectivity index (χ0v) is 12.3. The molecule has 0 saturated heterocycles. The molecule has 2 unspecified atom stereocenters. The number of nitrogens with zero attached hydrogens (tertiary/aromatic N) is 1. The van der Waals surface area contributed by atoms with Crippen LogP contribution in [0.3, 0.4) is 0 Å². The molecule has 0 saturated carbocycles. The molecule has 0 fully saturated rings. The summed E-state index contributed by atoms with van der Waals surface area (Å²) in [5.41, 5.74) is 0. The molecule has 4 heteroatoms. The average Bonchev–Trinajstić information content (AvgIpc) is 2.30. The van der Waals surface area contributed by atoms with Crippen LogP contribution in [0.15, 0.2) is 0 Å². The molecule has 0 spiro atoms. The van der Waals surface area contributed by atoms with Gasteiger partial charge in [-0.25, -0.2) is 0 Å². The van der Waals surface area contributed by atoms with E-state index in [0.29, 0.717) is 12.1 Å². The second kappa shape index (κ2) is 10.4. The Kier molecular flexibility index (Phi) is 10.5. The van der Waals surface area contributed by atoms with Crippen LogP contribution in [0.2, 0.25) is 0 Å². The third-order valence-electron chi connectivity index (χ3n) is 3.02. The topological polar surface area (TPSA) is 24.5 Å². The number of nitrogens with one attached hydrogen (secondary N) is 1. The van der Waals surface area contributed by atoms with E-state index in [1.54, 1.807) is 7.11 Å². The van der Waals surface area contributed by atoms with Crippen molar-refractivity contribution in [1.82, 2.24) is 10.2 Å². The predicted molar refractivity (Wildman–Crippen MR) is 74.4 cm³/mol. The Labute approximate surface area is 105 Å².